The summed E-state index contributed by atoms with van der Waals surface area (Å²) in [5.74, 6) is 0.644. The molecular weight excluding hydrogens is 426 g/mol. The maximum Gasteiger partial charge on any atom is 0.267 e. The third-order valence-corrected chi connectivity index (χ3v) is 5.61. The first-order chi connectivity index (χ1) is 14.4. The lowest BCUT2D eigenvalue weighted by Gasteiger charge is -2.30. The molecule has 4 rings (SSSR count). The molecular formula is C21H18ClN3O4S. The fourth-order valence-electron chi connectivity index (χ4n) is 2.99. The molecule has 9 heteroatoms. The normalized spacial score (nSPS) is 15.4. The smallest absolute Gasteiger partial charge is 0.267 e. The first-order valence-electron chi connectivity index (χ1n) is 9.13. The van der Waals surface area contributed by atoms with Gasteiger partial charge in [-0.05, 0) is 37.3 Å². The molecule has 1 aliphatic heterocycles. The van der Waals surface area contributed by atoms with Crippen molar-refractivity contribution < 1.29 is 19.1 Å². The molecule has 0 aliphatic carbocycles. The molecule has 1 aromatic heterocycles. The van der Waals surface area contributed by atoms with Crippen molar-refractivity contribution in [2.45, 2.75) is 13.0 Å². The second-order valence-corrected chi connectivity index (χ2v) is 7.91. The van der Waals surface area contributed by atoms with Gasteiger partial charge in [0.25, 0.3) is 11.8 Å². The lowest BCUT2D eigenvalue weighted by Crippen LogP contribution is -2.41. The topological polar surface area (TPSA) is 80.8 Å². The lowest BCUT2D eigenvalue weighted by molar-refractivity contribution is -0.125. The second-order valence-electron chi connectivity index (χ2n) is 6.65. The van der Waals surface area contributed by atoms with Gasteiger partial charge in [0.2, 0.25) is 0 Å². The van der Waals surface area contributed by atoms with Crippen molar-refractivity contribution in [3.05, 3.63) is 52.9 Å². The van der Waals surface area contributed by atoms with Crippen molar-refractivity contribution in [1.29, 1.82) is 0 Å². The molecule has 7 nitrogen and oxygen atoms in total. The standard InChI is InChI=1S/C21H18ClN3O4S/c1-12-20(27)25(2)16-9-13(7-8-18(16)29-12)15-11-30-21(23-15)24-19(26)10-28-17-6-4-3-5-14(17)22/h3-9,11-12H,10H2,1-2H3,(H,23,24,26)/t12-/m0/s1. The first-order valence-corrected chi connectivity index (χ1v) is 10.4. The SMILES string of the molecule is C[C@@H]1Oc2ccc(-c3csc(NC(=O)COc4ccccc4Cl)n3)cc2N(C)C1=O. The number of halogens is 1. The Hall–Kier alpha value is -3.10. The number of thiazole rings is 1. The van der Waals surface area contributed by atoms with Crippen LogP contribution in [0, 0.1) is 0 Å². The molecule has 1 N–H and O–H groups in total. The Morgan fingerprint density at radius 2 is 2.13 bits per heavy atom. The fraction of sp³-hybridized carbons (Fsp3) is 0.190. The summed E-state index contributed by atoms with van der Waals surface area (Å²) in [6, 6.07) is 12.5. The van der Waals surface area contributed by atoms with Crippen molar-refractivity contribution in [2.75, 3.05) is 23.9 Å². The number of likely N-dealkylation sites (N-methyl/N-ethyl adjacent to an activating group) is 1. The fourth-order valence-corrected chi connectivity index (χ4v) is 3.92. The van der Waals surface area contributed by atoms with Gasteiger partial charge >= 0.3 is 0 Å². The summed E-state index contributed by atoms with van der Waals surface area (Å²) in [4.78, 5) is 30.4. The largest absolute Gasteiger partial charge is 0.482 e. The van der Waals surface area contributed by atoms with E-state index in [2.05, 4.69) is 10.3 Å². The predicted octanol–water partition coefficient (Wildman–Crippen LogP) is 4.22. The zero-order valence-corrected chi connectivity index (χ0v) is 17.8. The van der Waals surface area contributed by atoms with Gasteiger partial charge in [-0.1, -0.05) is 23.7 Å². The Labute approximate surface area is 182 Å². The van der Waals surface area contributed by atoms with E-state index in [1.165, 1.54) is 11.3 Å². The summed E-state index contributed by atoms with van der Waals surface area (Å²) in [5, 5.41) is 5.44. The number of benzene rings is 2. The van der Waals surface area contributed by atoms with Crippen molar-refractivity contribution in [3.63, 3.8) is 0 Å². The molecule has 0 saturated heterocycles. The minimum Gasteiger partial charge on any atom is -0.482 e. The highest BCUT2D eigenvalue weighted by Crippen LogP contribution is 2.37. The molecule has 0 radical (unpaired) electrons. The van der Waals surface area contributed by atoms with E-state index in [4.69, 9.17) is 21.1 Å². The van der Waals surface area contributed by atoms with Crippen molar-refractivity contribution in [3.8, 4) is 22.8 Å². The Morgan fingerprint density at radius 3 is 2.93 bits per heavy atom. The van der Waals surface area contributed by atoms with Gasteiger partial charge in [0.05, 0.1) is 16.4 Å². The number of nitrogens with one attached hydrogen (secondary N) is 1. The predicted molar refractivity (Wildman–Crippen MR) is 117 cm³/mol. The Balaban J connectivity index is 1.44. The average Bonchev–Trinajstić information content (AvgIpc) is 3.20. The highest BCUT2D eigenvalue weighted by atomic mass is 35.5. The van der Waals surface area contributed by atoms with E-state index in [9.17, 15) is 9.59 Å². The highest BCUT2D eigenvalue weighted by molar-refractivity contribution is 7.14. The number of fused-ring (bicyclic) bond motifs is 1. The van der Waals surface area contributed by atoms with Crippen LogP contribution in [0.15, 0.2) is 47.8 Å². The number of rotatable bonds is 5. The number of anilines is 2. The second kappa shape index (κ2) is 8.33. The molecule has 0 spiro atoms. The van der Waals surface area contributed by atoms with Crippen LogP contribution in [-0.4, -0.2) is 36.6 Å². The Morgan fingerprint density at radius 1 is 1.33 bits per heavy atom. The average molecular weight is 444 g/mol. The number of carbonyl (C=O) groups is 2. The quantitative estimate of drug-likeness (QED) is 0.638. The van der Waals surface area contributed by atoms with Crippen LogP contribution >= 0.6 is 22.9 Å². The Bertz CT molecular complexity index is 1120. The zero-order chi connectivity index (χ0) is 21.3. The van der Waals surface area contributed by atoms with Crippen LogP contribution < -0.4 is 19.7 Å². The van der Waals surface area contributed by atoms with E-state index < -0.39 is 6.10 Å². The highest BCUT2D eigenvalue weighted by Gasteiger charge is 2.29. The molecule has 0 fully saturated rings. The maximum absolute atomic E-state index is 12.2. The van der Waals surface area contributed by atoms with Crippen molar-refractivity contribution in [2.24, 2.45) is 0 Å². The molecule has 2 aromatic carbocycles. The summed E-state index contributed by atoms with van der Waals surface area (Å²) >= 11 is 7.32. The van der Waals surface area contributed by atoms with Gasteiger partial charge < -0.3 is 14.4 Å². The van der Waals surface area contributed by atoms with E-state index in [0.29, 0.717) is 33.0 Å². The van der Waals surface area contributed by atoms with Gasteiger partial charge in [0, 0.05) is 18.0 Å². The molecule has 2 heterocycles. The molecule has 1 aliphatic rings. The number of carbonyl (C=O) groups excluding carboxylic acids is 2. The summed E-state index contributed by atoms with van der Waals surface area (Å²) in [5.41, 5.74) is 2.18. The van der Waals surface area contributed by atoms with Crippen LogP contribution in [0.2, 0.25) is 5.02 Å². The summed E-state index contributed by atoms with van der Waals surface area (Å²) in [7, 11) is 1.72. The molecule has 0 bridgehead atoms. The third kappa shape index (κ3) is 4.10. The van der Waals surface area contributed by atoms with Crippen LogP contribution in [-0.2, 0) is 9.59 Å². The molecule has 2 amide bonds. The number of nitrogens with zero attached hydrogens (tertiary/aromatic N) is 2. The van der Waals surface area contributed by atoms with Gasteiger partial charge in [-0.2, -0.15) is 0 Å². The van der Waals surface area contributed by atoms with Crippen LogP contribution in [0.1, 0.15) is 6.92 Å². The minimum atomic E-state index is -0.512. The number of ether oxygens (including phenoxy) is 2. The molecule has 3 aromatic rings. The first kappa shape index (κ1) is 20.2. The number of hydrogen-bond acceptors (Lipinski definition) is 6. The van der Waals surface area contributed by atoms with Crippen molar-refractivity contribution in [1.82, 2.24) is 4.98 Å². The van der Waals surface area contributed by atoms with Crippen molar-refractivity contribution >= 4 is 45.6 Å². The summed E-state index contributed by atoms with van der Waals surface area (Å²) in [6.45, 7) is 1.54. The molecule has 30 heavy (non-hydrogen) atoms. The Kier molecular flexibility index (Phi) is 5.61. The van der Waals surface area contributed by atoms with E-state index >= 15 is 0 Å². The van der Waals surface area contributed by atoms with Gasteiger partial charge in [0.1, 0.15) is 11.5 Å². The van der Waals surface area contributed by atoms with Gasteiger partial charge in [-0.15, -0.1) is 11.3 Å². The maximum atomic E-state index is 12.2. The summed E-state index contributed by atoms with van der Waals surface area (Å²) in [6.07, 6.45) is -0.512. The minimum absolute atomic E-state index is 0.107. The van der Waals surface area contributed by atoms with Crippen LogP contribution in [0.3, 0.4) is 0 Å². The van der Waals surface area contributed by atoms with Crippen LogP contribution in [0.25, 0.3) is 11.3 Å². The van der Waals surface area contributed by atoms with Gasteiger partial charge in [-0.25, -0.2) is 4.98 Å². The van der Waals surface area contributed by atoms with Gasteiger partial charge in [-0.3, -0.25) is 14.9 Å². The van der Waals surface area contributed by atoms with Gasteiger partial charge in [0.15, 0.2) is 17.8 Å². The number of para-hydroxylation sites is 1. The number of amides is 2. The van der Waals surface area contributed by atoms with E-state index in [1.54, 1.807) is 43.1 Å². The summed E-state index contributed by atoms with van der Waals surface area (Å²) < 4.78 is 11.1. The molecule has 0 saturated carbocycles. The third-order valence-electron chi connectivity index (χ3n) is 4.54. The molecule has 154 valence electrons. The van der Waals surface area contributed by atoms with Crippen LogP contribution in [0.5, 0.6) is 11.5 Å². The molecule has 0 unspecified atom stereocenters. The lowest BCUT2D eigenvalue weighted by atomic mass is 10.1. The van der Waals surface area contributed by atoms with Crippen LogP contribution in [0.4, 0.5) is 10.8 Å². The van der Waals surface area contributed by atoms with E-state index in [1.807, 2.05) is 23.6 Å². The molecule has 1 atom stereocenters. The number of aromatic nitrogens is 1. The monoisotopic (exact) mass is 443 g/mol. The number of hydrogen-bond donors (Lipinski definition) is 1. The van der Waals surface area contributed by atoms with E-state index in [0.717, 1.165) is 5.56 Å². The zero-order valence-electron chi connectivity index (χ0n) is 16.2. The van der Waals surface area contributed by atoms with E-state index in [-0.39, 0.29) is 18.4 Å².